The summed E-state index contributed by atoms with van der Waals surface area (Å²) in [4.78, 5) is 3.28. The number of aromatic nitrogens is 1. The van der Waals surface area contributed by atoms with E-state index in [4.69, 9.17) is 0 Å². The van der Waals surface area contributed by atoms with Crippen molar-refractivity contribution >= 4 is 0 Å². The maximum Gasteiger partial charge on any atom is 0.0456 e. The molecule has 1 N–H and O–H groups in total. The maximum absolute atomic E-state index is 3.28. The Balaban J connectivity index is 2.18. The van der Waals surface area contributed by atoms with Crippen LogP contribution in [0.25, 0.3) is 11.3 Å². The van der Waals surface area contributed by atoms with E-state index < -0.39 is 0 Å². The molecule has 0 saturated carbocycles. The lowest BCUT2D eigenvalue weighted by atomic mass is 9.99. The average molecular weight is 213 g/mol. The van der Waals surface area contributed by atoms with Crippen LogP contribution in [0.5, 0.6) is 0 Å². The Hall–Kier alpha value is -1.50. The van der Waals surface area contributed by atoms with E-state index in [0.29, 0.717) is 0 Å². The summed E-state index contributed by atoms with van der Waals surface area (Å²) in [6.07, 6.45) is 7.05. The average Bonchev–Trinajstić information content (AvgIpc) is 2.83. The smallest absolute Gasteiger partial charge is 0.0456 e. The Morgan fingerprint density at radius 2 is 1.88 bits per heavy atom. The number of nitrogens with one attached hydrogen (secondary N) is 1. The molecule has 2 aromatic rings. The van der Waals surface area contributed by atoms with Gasteiger partial charge >= 0.3 is 0 Å². The van der Waals surface area contributed by atoms with Crippen LogP contribution in [-0.2, 0) is 6.42 Å². The lowest BCUT2D eigenvalue weighted by Gasteiger charge is -2.07. The summed E-state index contributed by atoms with van der Waals surface area (Å²) in [5.74, 6) is 0. The first-order chi connectivity index (χ1) is 7.92. The number of unbranched alkanes of at least 4 members (excludes halogenated alkanes) is 2. The zero-order valence-electron chi connectivity index (χ0n) is 9.87. The fraction of sp³-hybridized carbons (Fsp3) is 0.333. The number of benzene rings is 1. The minimum Gasteiger partial charge on any atom is -0.361 e. The molecular formula is C15H19N. The van der Waals surface area contributed by atoms with Gasteiger partial charge in [0, 0.05) is 17.5 Å². The van der Waals surface area contributed by atoms with Gasteiger partial charge in [0.1, 0.15) is 0 Å². The molecule has 0 saturated heterocycles. The van der Waals surface area contributed by atoms with Crippen LogP contribution in [0.2, 0.25) is 0 Å². The summed E-state index contributed by atoms with van der Waals surface area (Å²) in [6.45, 7) is 2.25. The van der Waals surface area contributed by atoms with E-state index in [9.17, 15) is 0 Å². The molecule has 1 heterocycles. The van der Waals surface area contributed by atoms with E-state index in [2.05, 4.69) is 48.3 Å². The second-order valence-electron chi connectivity index (χ2n) is 4.20. The van der Waals surface area contributed by atoms with Gasteiger partial charge in [-0.15, -0.1) is 0 Å². The van der Waals surface area contributed by atoms with E-state index in [-0.39, 0.29) is 0 Å². The minimum absolute atomic E-state index is 1.18. The van der Waals surface area contributed by atoms with Crippen molar-refractivity contribution in [1.29, 1.82) is 0 Å². The van der Waals surface area contributed by atoms with E-state index in [1.54, 1.807) is 0 Å². The molecule has 0 atom stereocenters. The molecule has 1 aromatic heterocycles. The van der Waals surface area contributed by atoms with Crippen LogP contribution < -0.4 is 0 Å². The number of rotatable bonds is 5. The lowest BCUT2D eigenvalue weighted by molar-refractivity contribution is 0.718. The van der Waals surface area contributed by atoms with Gasteiger partial charge in [-0.2, -0.15) is 0 Å². The third-order valence-corrected chi connectivity index (χ3v) is 2.96. The number of aryl methyl sites for hydroxylation is 1. The third kappa shape index (κ3) is 2.54. The fourth-order valence-electron chi connectivity index (χ4n) is 2.06. The predicted octanol–water partition coefficient (Wildman–Crippen LogP) is 4.41. The van der Waals surface area contributed by atoms with Gasteiger partial charge in [-0.05, 0) is 30.5 Å². The topological polar surface area (TPSA) is 15.8 Å². The Kier molecular flexibility index (Phi) is 3.81. The van der Waals surface area contributed by atoms with Gasteiger partial charge in [0.2, 0.25) is 0 Å². The second-order valence-corrected chi connectivity index (χ2v) is 4.20. The Bertz CT molecular complexity index is 415. The first kappa shape index (κ1) is 11.0. The Labute approximate surface area is 97.5 Å². The molecule has 1 heteroatoms. The molecule has 0 unspecified atom stereocenters. The van der Waals surface area contributed by atoms with Gasteiger partial charge in [-0.3, -0.25) is 0 Å². The number of H-pyrrole nitrogens is 1. The molecular weight excluding hydrogens is 194 g/mol. The standard InChI is InChI=1S/C15H19N/c1-2-3-4-8-13-9-5-6-10-14(13)15-11-7-12-16-15/h5-7,9-12,16H,2-4,8H2,1H3. The summed E-state index contributed by atoms with van der Waals surface area (Å²) < 4.78 is 0. The van der Waals surface area contributed by atoms with Gasteiger partial charge in [0.25, 0.3) is 0 Å². The zero-order chi connectivity index (χ0) is 11.2. The molecule has 84 valence electrons. The SMILES string of the molecule is CCCCCc1ccccc1-c1ccc[nH]1. The molecule has 0 radical (unpaired) electrons. The van der Waals surface area contributed by atoms with Crippen molar-refractivity contribution in [1.82, 2.24) is 4.98 Å². The summed E-state index contributed by atoms with van der Waals surface area (Å²) in [5, 5.41) is 0. The molecule has 1 aromatic carbocycles. The summed E-state index contributed by atoms with van der Waals surface area (Å²) >= 11 is 0. The predicted molar refractivity (Wildman–Crippen MR) is 69.5 cm³/mol. The summed E-state index contributed by atoms with van der Waals surface area (Å²) in [5.41, 5.74) is 4.04. The van der Waals surface area contributed by atoms with E-state index in [0.717, 1.165) is 0 Å². The van der Waals surface area contributed by atoms with Gasteiger partial charge in [-0.25, -0.2) is 0 Å². The molecule has 0 fully saturated rings. The van der Waals surface area contributed by atoms with Gasteiger partial charge < -0.3 is 4.98 Å². The van der Waals surface area contributed by atoms with Crippen molar-refractivity contribution in [3.63, 3.8) is 0 Å². The highest BCUT2D eigenvalue weighted by atomic mass is 14.7. The lowest BCUT2D eigenvalue weighted by Crippen LogP contribution is -1.90. The highest BCUT2D eigenvalue weighted by molar-refractivity contribution is 5.63. The van der Waals surface area contributed by atoms with E-state index in [1.807, 2.05) is 6.20 Å². The summed E-state index contributed by atoms with van der Waals surface area (Å²) in [6, 6.07) is 12.9. The van der Waals surface area contributed by atoms with Crippen LogP contribution in [0.3, 0.4) is 0 Å². The molecule has 0 aliphatic heterocycles. The second kappa shape index (κ2) is 5.55. The van der Waals surface area contributed by atoms with Crippen molar-refractivity contribution in [3.8, 4) is 11.3 Å². The van der Waals surface area contributed by atoms with E-state index >= 15 is 0 Å². The van der Waals surface area contributed by atoms with Crippen molar-refractivity contribution in [3.05, 3.63) is 48.2 Å². The first-order valence-corrected chi connectivity index (χ1v) is 6.13. The Morgan fingerprint density at radius 1 is 1.00 bits per heavy atom. The highest BCUT2D eigenvalue weighted by Crippen LogP contribution is 2.23. The van der Waals surface area contributed by atoms with Crippen LogP contribution >= 0.6 is 0 Å². The number of aromatic amines is 1. The van der Waals surface area contributed by atoms with Crippen LogP contribution in [0.1, 0.15) is 31.7 Å². The van der Waals surface area contributed by atoms with Gasteiger partial charge in [-0.1, -0.05) is 44.0 Å². The van der Waals surface area contributed by atoms with Crippen molar-refractivity contribution < 1.29 is 0 Å². The number of hydrogen-bond acceptors (Lipinski definition) is 0. The molecule has 1 nitrogen and oxygen atoms in total. The van der Waals surface area contributed by atoms with Crippen molar-refractivity contribution in [2.24, 2.45) is 0 Å². The molecule has 16 heavy (non-hydrogen) atoms. The highest BCUT2D eigenvalue weighted by Gasteiger charge is 2.04. The van der Waals surface area contributed by atoms with Crippen LogP contribution in [0, 0.1) is 0 Å². The molecule has 0 aliphatic carbocycles. The molecule has 0 spiro atoms. The monoisotopic (exact) mass is 213 g/mol. The molecule has 0 aliphatic rings. The van der Waals surface area contributed by atoms with Crippen molar-refractivity contribution in [2.45, 2.75) is 32.6 Å². The molecule has 0 amide bonds. The van der Waals surface area contributed by atoms with Gasteiger partial charge in [0.05, 0.1) is 0 Å². The Morgan fingerprint density at radius 3 is 2.62 bits per heavy atom. The number of hydrogen-bond donors (Lipinski definition) is 1. The first-order valence-electron chi connectivity index (χ1n) is 6.13. The maximum atomic E-state index is 3.28. The minimum atomic E-state index is 1.18. The van der Waals surface area contributed by atoms with Crippen LogP contribution in [-0.4, -0.2) is 4.98 Å². The quantitative estimate of drug-likeness (QED) is 0.708. The van der Waals surface area contributed by atoms with E-state index in [1.165, 1.54) is 42.5 Å². The van der Waals surface area contributed by atoms with Crippen molar-refractivity contribution in [2.75, 3.05) is 0 Å². The van der Waals surface area contributed by atoms with Crippen LogP contribution in [0.15, 0.2) is 42.6 Å². The summed E-state index contributed by atoms with van der Waals surface area (Å²) in [7, 11) is 0. The largest absolute Gasteiger partial charge is 0.361 e. The molecule has 0 bridgehead atoms. The molecule has 2 rings (SSSR count). The zero-order valence-corrected chi connectivity index (χ0v) is 9.87. The van der Waals surface area contributed by atoms with Crippen LogP contribution in [0.4, 0.5) is 0 Å². The fourth-order valence-corrected chi connectivity index (χ4v) is 2.06. The van der Waals surface area contributed by atoms with Gasteiger partial charge in [0.15, 0.2) is 0 Å². The normalized spacial score (nSPS) is 10.6. The third-order valence-electron chi connectivity index (χ3n) is 2.96.